The SMILES string of the molecule is COc1ccnc(N(C)CC(=O)NC2CC2)n1. The number of carbonyl (C=O) groups excluding carboxylic acids is 1. The Bertz CT molecular complexity index is 406. The summed E-state index contributed by atoms with van der Waals surface area (Å²) in [5.41, 5.74) is 0. The zero-order chi connectivity index (χ0) is 12.3. The van der Waals surface area contributed by atoms with E-state index in [0.717, 1.165) is 12.8 Å². The number of methoxy groups -OCH3 is 1. The van der Waals surface area contributed by atoms with Crippen molar-refractivity contribution in [3.05, 3.63) is 12.3 Å². The molecule has 1 amide bonds. The van der Waals surface area contributed by atoms with Crippen molar-refractivity contribution in [2.24, 2.45) is 0 Å². The molecule has 6 nitrogen and oxygen atoms in total. The number of amides is 1. The maximum atomic E-state index is 11.6. The van der Waals surface area contributed by atoms with Crippen LogP contribution in [0.3, 0.4) is 0 Å². The number of aromatic nitrogens is 2. The van der Waals surface area contributed by atoms with Crippen LogP contribution in [0.4, 0.5) is 5.95 Å². The summed E-state index contributed by atoms with van der Waals surface area (Å²) in [6.45, 7) is 0.254. The lowest BCUT2D eigenvalue weighted by Gasteiger charge is -2.16. The summed E-state index contributed by atoms with van der Waals surface area (Å²) in [5.74, 6) is 0.973. The lowest BCUT2D eigenvalue weighted by atomic mass is 10.5. The van der Waals surface area contributed by atoms with Gasteiger partial charge < -0.3 is 15.0 Å². The molecule has 1 aliphatic rings. The van der Waals surface area contributed by atoms with E-state index in [1.807, 2.05) is 0 Å². The Balaban J connectivity index is 1.92. The summed E-state index contributed by atoms with van der Waals surface area (Å²) >= 11 is 0. The monoisotopic (exact) mass is 236 g/mol. The lowest BCUT2D eigenvalue weighted by Crippen LogP contribution is -2.36. The Labute approximate surface area is 100 Å². The average Bonchev–Trinajstić information content (AvgIpc) is 3.12. The third-order valence-corrected chi connectivity index (χ3v) is 2.49. The second kappa shape index (κ2) is 4.99. The molecular formula is C11H16N4O2. The third kappa shape index (κ3) is 3.30. The van der Waals surface area contributed by atoms with Crippen LogP contribution in [-0.4, -0.2) is 42.6 Å². The highest BCUT2D eigenvalue weighted by Crippen LogP contribution is 2.18. The zero-order valence-electron chi connectivity index (χ0n) is 10.0. The average molecular weight is 236 g/mol. The molecule has 1 aliphatic carbocycles. The van der Waals surface area contributed by atoms with Crippen LogP contribution >= 0.6 is 0 Å². The van der Waals surface area contributed by atoms with E-state index < -0.39 is 0 Å². The molecule has 0 unspecified atom stereocenters. The molecule has 6 heteroatoms. The summed E-state index contributed by atoms with van der Waals surface area (Å²) in [4.78, 5) is 21.5. The van der Waals surface area contributed by atoms with Crippen LogP contribution in [-0.2, 0) is 4.79 Å². The van der Waals surface area contributed by atoms with Crippen molar-refractivity contribution in [3.8, 4) is 5.88 Å². The first-order chi connectivity index (χ1) is 8.19. The predicted molar refractivity (Wildman–Crippen MR) is 63.0 cm³/mol. The van der Waals surface area contributed by atoms with Gasteiger partial charge in [0, 0.05) is 25.4 Å². The minimum Gasteiger partial charge on any atom is -0.481 e. The van der Waals surface area contributed by atoms with Gasteiger partial charge in [0.05, 0.1) is 13.7 Å². The number of carbonyl (C=O) groups is 1. The highest BCUT2D eigenvalue weighted by atomic mass is 16.5. The van der Waals surface area contributed by atoms with Crippen molar-refractivity contribution < 1.29 is 9.53 Å². The fourth-order valence-electron chi connectivity index (χ4n) is 1.42. The smallest absolute Gasteiger partial charge is 0.239 e. The maximum absolute atomic E-state index is 11.6. The topological polar surface area (TPSA) is 67.3 Å². The quantitative estimate of drug-likeness (QED) is 0.791. The van der Waals surface area contributed by atoms with Crippen LogP contribution in [0.25, 0.3) is 0 Å². The summed E-state index contributed by atoms with van der Waals surface area (Å²) in [6, 6.07) is 2.05. The van der Waals surface area contributed by atoms with Gasteiger partial charge >= 0.3 is 0 Å². The van der Waals surface area contributed by atoms with Gasteiger partial charge in [-0.25, -0.2) is 4.98 Å². The first-order valence-electron chi connectivity index (χ1n) is 5.56. The summed E-state index contributed by atoms with van der Waals surface area (Å²) in [6.07, 6.45) is 3.78. The van der Waals surface area contributed by atoms with Crippen molar-refractivity contribution in [2.75, 3.05) is 25.6 Å². The molecule has 0 aliphatic heterocycles. The summed E-state index contributed by atoms with van der Waals surface area (Å²) < 4.78 is 5.01. The van der Waals surface area contributed by atoms with Crippen LogP contribution in [0.15, 0.2) is 12.3 Å². The number of rotatable bonds is 5. The highest BCUT2D eigenvalue weighted by molar-refractivity contribution is 5.81. The molecule has 92 valence electrons. The fourth-order valence-corrected chi connectivity index (χ4v) is 1.42. The van der Waals surface area contributed by atoms with Gasteiger partial charge in [-0.2, -0.15) is 4.98 Å². The Morgan fingerprint density at radius 3 is 3.06 bits per heavy atom. The van der Waals surface area contributed by atoms with Crippen molar-refractivity contribution >= 4 is 11.9 Å². The Hall–Kier alpha value is -1.85. The van der Waals surface area contributed by atoms with Crippen LogP contribution in [0.1, 0.15) is 12.8 Å². The van der Waals surface area contributed by atoms with E-state index in [4.69, 9.17) is 4.74 Å². The molecule has 1 fully saturated rings. The van der Waals surface area contributed by atoms with E-state index in [2.05, 4.69) is 15.3 Å². The Kier molecular flexibility index (Phi) is 3.41. The van der Waals surface area contributed by atoms with Crippen molar-refractivity contribution in [3.63, 3.8) is 0 Å². The van der Waals surface area contributed by atoms with Crippen LogP contribution in [0, 0.1) is 0 Å². The van der Waals surface area contributed by atoms with E-state index >= 15 is 0 Å². The molecular weight excluding hydrogens is 220 g/mol. The van der Waals surface area contributed by atoms with Crippen molar-refractivity contribution in [2.45, 2.75) is 18.9 Å². The van der Waals surface area contributed by atoms with Crippen LogP contribution < -0.4 is 15.0 Å². The molecule has 0 aromatic carbocycles. The minimum atomic E-state index is 0.00131. The molecule has 1 heterocycles. The predicted octanol–water partition coefficient (Wildman–Crippen LogP) is 0.200. The van der Waals surface area contributed by atoms with Gasteiger partial charge in [-0.05, 0) is 12.8 Å². The van der Waals surface area contributed by atoms with Gasteiger partial charge in [0.2, 0.25) is 17.7 Å². The second-order valence-corrected chi connectivity index (χ2v) is 4.10. The molecule has 17 heavy (non-hydrogen) atoms. The van der Waals surface area contributed by atoms with E-state index in [9.17, 15) is 4.79 Å². The molecule has 1 aromatic rings. The van der Waals surface area contributed by atoms with Crippen LogP contribution in [0.2, 0.25) is 0 Å². The molecule has 0 saturated heterocycles. The fraction of sp³-hybridized carbons (Fsp3) is 0.545. The van der Waals surface area contributed by atoms with Gasteiger partial charge in [0.15, 0.2) is 0 Å². The largest absolute Gasteiger partial charge is 0.481 e. The molecule has 1 saturated carbocycles. The van der Waals surface area contributed by atoms with E-state index in [0.29, 0.717) is 17.9 Å². The number of likely N-dealkylation sites (N-methyl/N-ethyl adjacent to an activating group) is 1. The lowest BCUT2D eigenvalue weighted by molar-refractivity contribution is -0.119. The zero-order valence-corrected chi connectivity index (χ0v) is 10.0. The van der Waals surface area contributed by atoms with E-state index in [1.165, 1.54) is 0 Å². The molecule has 0 radical (unpaired) electrons. The maximum Gasteiger partial charge on any atom is 0.239 e. The highest BCUT2D eigenvalue weighted by Gasteiger charge is 2.23. The van der Waals surface area contributed by atoms with Gasteiger partial charge in [-0.1, -0.05) is 0 Å². The number of anilines is 1. The van der Waals surface area contributed by atoms with Gasteiger partial charge in [-0.15, -0.1) is 0 Å². The normalized spacial score (nSPS) is 14.2. The number of ether oxygens (including phenoxy) is 1. The first kappa shape index (κ1) is 11.6. The van der Waals surface area contributed by atoms with Crippen molar-refractivity contribution in [1.82, 2.24) is 15.3 Å². The van der Waals surface area contributed by atoms with E-state index in [1.54, 1.807) is 31.3 Å². The second-order valence-electron chi connectivity index (χ2n) is 4.10. The van der Waals surface area contributed by atoms with Crippen molar-refractivity contribution in [1.29, 1.82) is 0 Å². The van der Waals surface area contributed by atoms with Gasteiger partial charge in [0.1, 0.15) is 0 Å². The number of nitrogens with zero attached hydrogens (tertiary/aromatic N) is 3. The Morgan fingerprint density at radius 1 is 1.65 bits per heavy atom. The molecule has 0 spiro atoms. The van der Waals surface area contributed by atoms with Gasteiger partial charge in [-0.3, -0.25) is 4.79 Å². The van der Waals surface area contributed by atoms with Gasteiger partial charge in [0.25, 0.3) is 0 Å². The molecule has 1 N–H and O–H groups in total. The molecule has 0 atom stereocenters. The number of hydrogen-bond donors (Lipinski definition) is 1. The summed E-state index contributed by atoms with van der Waals surface area (Å²) in [7, 11) is 3.33. The van der Waals surface area contributed by atoms with Crippen LogP contribution in [0.5, 0.6) is 5.88 Å². The number of hydrogen-bond acceptors (Lipinski definition) is 5. The Morgan fingerprint density at radius 2 is 2.41 bits per heavy atom. The molecule has 2 rings (SSSR count). The first-order valence-corrected chi connectivity index (χ1v) is 5.56. The molecule has 0 bridgehead atoms. The standard InChI is InChI=1S/C11H16N4O2/c1-15(7-9(16)13-8-3-4-8)11-12-6-5-10(14-11)17-2/h5-6,8H,3-4,7H2,1-2H3,(H,13,16). The third-order valence-electron chi connectivity index (χ3n) is 2.49. The van der Waals surface area contributed by atoms with E-state index in [-0.39, 0.29) is 12.5 Å². The number of nitrogens with one attached hydrogen (secondary N) is 1. The summed E-state index contributed by atoms with van der Waals surface area (Å²) in [5, 5.41) is 2.92. The minimum absolute atomic E-state index is 0.00131. The molecule has 1 aromatic heterocycles.